The van der Waals surface area contributed by atoms with E-state index in [-0.39, 0.29) is 12.2 Å². The highest BCUT2D eigenvalue weighted by Crippen LogP contribution is 2.30. The molecule has 2 aromatic carbocycles. The molecule has 0 aliphatic rings. The van der Waals surface area contributed by atoms with E-state index in [1.54, 1.807) is 30.3 Å². The van der Waals surface area contributed by atoms with Gasteiger partial charge in [0, 0.05) is 26.2 Å². The second-order valence-electron chi connectivity index (χ2n) is 6.46. The van der Waals surface area contributed by atoms with Crippen molar-refractivity contribution >= 4 is 12.0 Å². The van der Waals surface area contributed by atoms with Crippen LogP contribution >= 0.6 is 0 Å². The highest BCUT2D eigenvalue weighted by atomic mass is 19.4. The number of hydrogen-bond acceptors (Lipinski definition) is 3. The van der Waals surface area contributed by atoms with E-state index >= 15 is 0 Å². The number of alkyl halides is 3. The van der Waals surface area contributed by atoms with Gasteiger partial charge in [0.15, 0.2) is 0 Å². The topological polar surface area (TPSA) is 58.6 Å². The number of hydrogen-bond donors (Lipinski definition) is 1. The van der Waals surface area contributed by atoms with Crippen molar-refractivity contribution in [3.63, 3.8) is 0 Å². The van der Waals surface area contributed by atoms with Crippen molar-refractivity contribution in [3.8, 4) is 0 Å². The lowest BCUT2D eigenvalue weighted by atomic mass is 9.99. The van der Waals surface area contributed by atoms with Gasteiger partial charge in [-0.3, -0.25) is 4.79 Å². The van der Waals surface area contributed by atoms with Crippen molar-refractivity contribution in [2.75, 3.05) is 20.7 Å². The van der Waals surface area contributed by atoms with Gasteiger partial charge in [-0.15, -0.1) is 0 Å². The van der Waals surface area contributed by atoms with E-state index in [9.17, 15) is 27.2 Å². The van der Waals surface area contributed by atoms with Crippen LogP contribution in [0.25, 0.3) is 0 Å². The van der Waals surface area contributed by atoms with E-state index in [0.29, 0.717) is 23.8 Å². The third kappa shape index (κ3) is 6.20. The van der Waals surface area contributed by atoms with Gasteiger partial charge in [0.2, 0.25) is 5.91 Å². The summed E-state index contributed by atoms with van der Waals surface area (Å²) in [5.74, 6) is -2.39. The van der Waals surface area contributed by atoms with Crippen LogP contribution in [0.15, 0.2) is 48.5 Å². The molecule has 5 nitrogen and oxygen atoms in total. The quantitative estimate of drug-likeness (QED) is 0.732. The molecule has 0 saturated carbocycles. The number of ether oxygens (including phenoxy) is 1. The monoisotopic (exact) mass is 412 g/mol. The molecule has 1 unspecified atom stereocenters. The predicted molar refractivity (Wildman–Crippen MR) is 97.5 cm³/mol. The second kappa shape index (κ2) is 9.40. The Labute approximate surface area is 165 Å². The first-order chi connectivity index (χ1) is 13.6. The smallest absolute Gasteiger partial charge is 0.416 e. The molecule has 1 N–H and O–H groups in total. The van der Waals surface area contributed by atoms with Gasteiger partial charge in [-0.05, 0) is 23.8 Å². The molecule has 0 aromatic heterocycles. The number of carbonyl (C=O) groups excluding carboxylic acids is 2. The van der Waals surface area contributed by atoms with Crippen molar-refractivity contribution in [2.45, 2.75) is 18.6 Å². The average molecular weight is 412 g/mol. The molecule has 0 aliphatic carbocycles. The highest BCUT2D eigenvalue weighted by Gasteiger charge is 2.31. The largest absolute Gasteiger partial charge is 0.448 e. The number of carbonyl (C=O) groups is 2. The molecule has 0 heterocycles. The number of rotatable bonds is 6. The number of nitrogens with zero attached hydrogens (tertiary/aromatic N) is 1. The molecule has 0 fully saturated rings. The van der Waals surface area contributed by atoms with E-state index in [0.717, 1.165) is 0 Å². The Morgan fingerprint density at radius 2 is 1.76 bits per heavy atom. The second-order valence-corrected chi connectivity index (χ2v) is 6.46. The minimum atomic E-state index is -4.63. The lowest BCUT2D eigenvalue weighted by Gasteiger charge is -2.19. The Kier molecular flexibility index (Phi) is 7.19. The Bertz CT molecular complexity index is 855. The van der Waals surface area contributed by atoms with Gasteiger partial charge in [0.25, 0.3) is 0 Å². The molecule has 0 bridgehead atoms. The fourth-order valence-corrected chi connectivity index (χ4v) is 2.48. The summed E-state index contributed by atoms with van der Waals surface area (Å²) in [5.41, 5.74) is -0.769. The van der Waals surface area contributed by atoms with Gasteiger partial charge in [-0.2, -0.15) is 13.2 Å². The van der Waals surface area contributed by atoms with E-state index in [1.165, 1.54) is 19.0 Å². The Morgan fingerprint density at radius 3 is 2.34 bits per heavy atom. The molecule has 0 spiro atoms. The van der Waals surface area contributed by atoms with Crippen LogP contribution in [0.1, 0.15) is 22.6 Å². The molecule has 0 saturated heterocycles. The number of amides is 2. The van der Waals surface area contributed by atoms with Crippen LogP contribution in [0.2, 0.25) is 0 Å². The van der Waals surface area contributed by atoms with Gasteiger partial charge in [0.05, 0.1) is 11.5 Å². The third-order valence-corrected chi connectivity index (χ3v) is 4.08. The molecule has 2 amide bonds. The lowest BCUT2D eigenvalue weighted by Crippen LogP contribution is -2.34. The normalized spacial score (nSPS) is 12.2. The maximum absolute atomic E-state index is 13.9. The van der Waals surface area contributed by atoms with Crippen LogP contribution in [0.3, 0.4) is 0 Å². The molecule has 2 aromatic rings. The van der Waals surface area contributed by atoms with Crippen LogP contribution in [-0.4, -0.2) is 37.6 Å². The molecule has 156 valence electrons. The summed E-state index contributed by atoms with van der Waals surface area (Å²) in [6.07, 6.45) is -5.28. The van der Waals surface area contributed by atoms with Crippen molar-refractivity contribution in [1.82, 2.24) is 10.2 Å². The number of nitrogens with one attached hydrogen (secondary N) is 1. The van der Waals surface area contributed by atoms with Gasteiger partial charge in [-0.1, -0.05) is 30.3 Å². The summed E-state index contributed by atoms with van der Waals surface area (Å²) in [6.45, 7) is -0.725. The van der Waals surface area contributed by atoms with Gasteiger partial charge < -0.3 is 15.0 Å². The minimum absolute atomic E-state index is 0.280. The van der Waals surface area contributed by atoms with Crippen molar-refractivity contribution in [3.05, 3.63) is 71.0 Å². The summed E-state index contributed by atoms with van der Waals surface area (Å²) in [4.78, 5) is 25.5. The fraction of sp³-hybridized carbons (Fsp3) is 0.300. The van der Waals surface area contributed by atoms with Crippen LogP contribution in [0.4, 0.5) is 22.4 Å². The average Bonchev–Trinajstić information content (AvgIpc) is 2.67. The molecule has 29 heavy (non-hydrogen) atoms. The zero-order valence-corrected chi connectivity index (χ0v) is 15.8. The number of halogens is 4. The molecule has 0 radical (unpaired) electrons. The van der Waals surface area contributed by atoms with Crippen molar-refractivity contribution in [2.24, 2.45) is 0 Å². The number of benzene rings is 2. The van der Waals surface area contributed by atoms with Crippen LogP contribution < -0.4 is 5.32 Å². The zero-order chi connectivity index (χ0) is 21.6. The van der Waals surface area contributed by atoms with Gasteiger partial charge in [0.1, 0.15) is 12.4 Å². The zero-order valence-electron chi connectivity index (χ0n) is 15.8. The first-order valence-corrected chi connectivity index (χ1v) is 8.62. The van der Waals surface area contributed by atoms with Crippen LogP contribution in [0.5, 0.6) is 0 Å². The highest BCUT2D eigenvalue weighted by molar-refractivity contribution is 5.84. The first-order valence-electron chi connectivity index (χ1n) is 8.62. The minimum Gasteiger partial charge on any atom is -0.448 e. The van der Waals surface area contributed by atoms with Crippen molar-refractivity contribution in [1.29, 1.82) is 0 Å². The van der Waals surface area contributed by atoms with Gasteiger partial charge in [-0.25, -0.2) is 9.18 Å². The van der Waals surface area contributed by atoms with Crippen LogP contribution in [-0.2, 0) is 22.3 Å². The predicted octanol–water partition coefficient (Wildman–Crippen LogP) is 3.94. The van der Waals surface area contributed by atoms with E-state index in [2.05, 4.69) is 5.32 Å². The van der Waals surface area contributed by atoms with E-state index in [1.807, 2.05) is 0 Å². The Hall–Kier alpha value is -3.10. The molecule has 9 heteroatoms. The molecule has 0 aliphatic heterocycles. The maximum atomic E-state index is 13.9. The summed E-state index contributed by atoms with van der Waals surface area (Å²) in [6, 6.07) is 10.4. The van der Waals surface area contributed by atoms with Crippen LogP contribution in [0, 0.1) is 5.82 Å². The summed E-state index contributed by atoms with van der Waals surface area (Å²) in [5, 5.41) is 2.42. The van der Waals surface area contributed by atoms with Crippen molar-refractivity contribution < 1.29 is 31.9 Å². The Balaban J connectivity index is 2.15. The lowest BCUT2D eigenvalue weighted by molar-refractivity contribution is -0.137. The summed E-state index contributed by atoms with van der Waals surface area (Å²) in [7, 11) is 2.96. The Morgan fingerprint density at radius 1 is 1.10 bits per heavy atom. The van der Waals surface area contributed by atoms with E-state index in [4.69, 9.17) is 4.74 Å². The van der Waals surface area contributed by atoms with E-state index < -0.39 is 42.0 Å². The third-order valence-electron chi connectivity index (χ3n) is 4.08. The fourth-order valence-electron chi connectivity index (χ4n) is 2.48. The van der Waals surface area contributed by atoms with Gasteiger partial charge >= 0.3 is 12.3 Å². The molecular formula is C20H20F4N2O3. The molecule has 1 atom stereocenters. The standard InChI is InChI=1S/C20H20F4N2O3/c1-26(2)19(28)29-12-16(13-6-4-3-5-7-13)18(27)25-11-14-10-15(20(22,23)24)8-9-17(14)21/h3-10,16H,11-12H2,1-2H3,(H,25,27). The summed E-state index contributed by atoms with van der Waals surface area (Å²) < 4.78 is 57.4. The SMILES string of the molecule is CN(C)C(=O)OCC(C(=O)NCc1cc(C(F)(F)F)ccc1F)c1ccccc1. The maximum Gasteiger partial charge on any atom is 0.416 e. The first kappa shape index (κ1) is 22.2. The molecular weight excluding hydrogens is 392 g/mol. The summed E-state index contributed by atoms with van der Waals surface area (Å²) >= 11 is 0. The molecule has 2 rings (SSSR count).